The Bertz CT molecular complexity index is 3770. The molecule has 298 valence electrons. The van der Waals surface area contributed by atoms with E-state index in [1.165, 1.54) is 21.5 Å². The van der Waals surface area contributed by atoms with Crippen molar-refractivity contribution in [2.45, 2.75) is 0 Å². The molecule has 0 unspecified atom stereocenters. The highest BCUT2D eigenvalue weighted by molar-refractivity contribution is 6.30. The standard InChI is InChI=1S/C58H36N6/c1-4-15-37(16-5-1)41-21-12-23-43(35-41)56-60-55(61-57(62-56)44-24-13-22-42(36-44)38-17-6-2-7-18-38)39-29-31-45(32-30-39)63-50-28-14-26-47-46-25-10-11-27-49(46)64-54-48(33-34-51(63)53(54)52(47)50)59-58(64)40-19-8-3-9-20-40/h1-36H. The molecule has 0 atom stereocenters. The normalized spacial score (nSPS) is 11.8. The van der Waals surface area contributed by atoms with Crippen molar-refractivity contribution in [3.63, 3.8) is 0 Å². The zero-order valence-corrected chi connectivity index (χ0v) is 34.5. The number of para-hydroxylation sites is 1. The average molecular weight is 817 g/mol. The number of nitrogens with zero attached hydrogens (tertiary/aromatic N) is 6. The van der Waals surface area contributed by atoms with Crippen LogP contribution >= 0.6 is 0 Å². The lowest BCUT2D eigenvalue weighted by molar-refractivity contribution is 1.07. The summed E-state index contributed by atoms with van der Waals surface area (Å²) in [4.78, 5) is 20.8. The summed E-state index contributed by atoms with van der Waals surface area (Å²) >= 11 is 0. The summed E-state index contributed by atoms with van der Waals surface area (Å²) in [5.41, 5.74) is 14.8. The van der Waals surface area contributed by atoms with E-state index in [-0.39, 0.29) is 0 Å². The van der Waals surface area contributed by atoms with E-state index in [0.29, 0.717) is 17.5 Å². The van der Waals surface area contributed by atoms with Gasteiger partial charge in [-0.25, -0.2) is 19.9 Å². The molecule has 0 bridgehead atoms. The lowest BCUT2D eigenvalue weighted by Crippen LogP contribution is -2.01. The molecule has 0 aliphatic heterocycles. The molecule has 0 fully saturated rings. The smallest absolute Gasteiger partial charge is 0.164 e. The van der Waals surface area contributed by atoms with Gasteiger partial charge in [-0.3, -0.25) is 4.40 Å². The molecule has 13 aromatic rings. The Morgan fingerprint density at radius 3 is 1.42 bits per heavy atom. The predicted octanol–water partition coefficient (Wildman–Crippen LogP) is 14.4. The Morgan fingerprint density at radius 2 is 0.781 bits per heavy atom. The molecular weight excluding hydrogens is 781 g/mol. The molecule has 0 aliphatic carbocycles. The summed E-state index contributed by atoms with van der Waals surface area (Å²) in [5.74, 6) is 2.78. The molecule has 0 N–H and O–H groups in total. The molecule has 0 saturated carbocycles. The predicted molar refractivity (Wildman–Crippen MR) is 262 cm³/mol. The lowest BCUT2D eigenvalue weighted by Gasteiger charge is -2.12. The summed E-state index contributed by atoms with van der Waals surface area (Å²) in [7, 11) is 0. The molecule has 0 spiro atoms. The third kappa shape index (κ3) is 5.73. The summed E-state index contributed by atoms with van der Waals surface area (Å²) in [6, 6.07) is 76.7. The van der Waals surface area contributed by atoms with E-state index >= 15 is 0 Å². The van der Waals surface area contributed by atoms with Crippen molar-refractivity contribution in [1.82, 2.24) is 28.9 Å². The first-order valence-corrected chi connectivity index (χ1v) is 21.6. The van der Waals surface area contributed by atoms with Gasteiger partial charge in [0.15, 0.2) is 17.5 Å². The highest BCUT2D eigenvalue weighted by Gasteiger charge is 2.24. The van der Waals surface area contributed by atoms with Gasteiger partial charge in [-0.05, 0) is 88.3 Å². The van der Waals surface area contributed by atoms with Crippen LogP contribution in [0.2, 0.25) is 0 Å². The maximum Gasteiger partial charge on any atom is 0.164 e. The van der Waals surface area contributed by atoms with E-state index in [9.17, 15) is 0 Å². The molecule has 6 heteroatoms. The Balaban J connectivity index is 0.989. The van der Waals surface area contributed by atoms with Gasteiger partial charge < -0.3 is 4.57 Å². The molecule has 6 nitrogen and oxygen atoms in total. The zero-order valence-electron chi connectivity index (χ0n) is 34.5. The molecule has 4 heterocycles. The highest BCUT2D eigenvalue weighted by Crippen LogP contribution is 2.44. The van der Waals surface area contributed by atoms with Gasteiger partial charge in [-0.15, -0.1) is 0 Å². The van der Waals surface area contributed by atoms with Crippen LogP contribution in [0.5, 0.6) is 0 Å². The van der Waals surface area contributed by atoms with Crippen molar-refractivity contribution in [1.29, 1.82) is 0 Å². The lowest BCUT2D eigenvalue weighted by atomic mass is 10.0. The van der Waals surface area contributed by atoms with E-state index in [0.717, 1.165) is 83.6 Å². The van der Waals surface area contributed by atoms with Crippen LogP contribution in [0.3, 0.4) is 0 Å². The molecule has 9 aromatic carbocycles. The van der Waals surface area contributed by atoms with Crippen LogP contribution in [-0.2, 0) is 0 Å². The van der Waals surface area contributed by atoms with Crippen LogP contribution in [0.4, 0.5) is 0 Å². The van der Waals surface area contributed by atoms with Crippen LogP contribution in [0, 0.1) is 0 Å². The molecular formula is C58H36N6. The molecule has 13 rings (SSSR count). The number of benzene rings is 9. The van der Waals surface area contributed by atoms with Crippen molar-refractivity contribution in [3.05, 3.63) is 218 Å². The summed E-state index contributed by atoms with van der Waals surface area (Å²) in [5, 5.41) is 4.81. The van der Waals surface area contributed by atoms with E-state index in [1.54, 1.807) is 0 Å². The number of fused-ring (bicyclic) bond motifs is 3. The van der Waals surface area contributed by atoms with Crippen molar-refractivity contribution in [3.8, 4) is 73.5 Å². The third-order valence-corrected chi connectivity index (χ3v) is 12.5. The molecule has 0 radical (unpaired) electrons. The first kappa shape index (κ1) is 36.0. The van der Waals surface area contributed by atoms with Gasteiger partial charge in [0.05, 0.1) is 27.6 Å². The SMILES string of the molecule is c1ccc(-c2cccc(-c3nc(-c4ccc(-n5c6cccc7c8ccccc8n8c(-c9ccccc9)nc9ccc5c(c76)c98)cc4)nc(-c4cccc(-c5ccccc5)c4)n3)c2)cc1. The van der Waals surface area contributed by atoms with Gasteiger partial charge in [0.1, 0.15) is 5.82 Å². The van der Waals surface area contributed by atoms with Gasteiger partial charge in [-0.1, -0.05) is 158 Å². The van der Waals surface area contributed by atoms with Crippen LogP contribution < -0.4 is 0 Å². The topological polar surface area (TPSA) is 60.9 Å². The van der Waals surface area contributed by atoms with E-state index in [2.05, 4.69) is 215 Å². The Kier molecular flexibility index (Phi) is 8.11. The molecule has 64 heavy (non-hydrogen) atoms. The Labute approximate surface area is 368 Å². The molecule has 4 aromatic heterocycles. The highest BCUT2D eigenvalue weighted by atomic mass is 15.1. The molecule has 0 amide bonds. The molecule has 0 saturated heterocycles. The monoisotopic (exact) mass is 816 g/mol. The van der Waals surface area contributed by atoms with Crippen LogP contribution in [-0.4, -0.2) is 28.9 Å². The quantitative estimate of drug-likeness (QED) is 0.161. The number of imidazole rings is 1. The zero-order chi connectivity index (χ0) is 42.1. The second-order valence-corrected chi connectivity index (χ2v) is 16.3. The van der Waals surface area contributed by atoms with Crippen molar-refractivity contribution >= 4 is 49.1 Å². The third-order valence-electron chi connectivity index (χ3n) is 12.5. The fourth-order valence-corrected chi connectivity index (χ4v) is 9.58. The maximum atomic E-state index is 5.30. The largest absolute Gasteiger partial charge is 0.309 e. The van der Waals surface area contributed by atoms with Gasteiger partial charge in [0.25, 0.3) is 0 Å². The van der Waals surface area contributed by atoms with Crippen LogP contribution in [0.25, 0.3) is 123 Å². The van der Waals surface area contributed by atoms with Crippen LogP contribution in [0.1, 0.15) is 0 Å². The number of rotatable bonds is 7. The fourth-order valence-electron chi connectivity index (χ4n) is 9.58. The van der Waals surface area contributed by atoms with Gasteiger partial charge >= 0.3 is 0 Å². The first-order valence-electron chi connectivity index (χ1n) is 21.6. The van der Waals surface area contributed by atoms with E-state index < -0.39 is 0 Å². The minimum absolute atomic E-state index is 0.608. The fraction of sp³-hybridized carbons (Fsp3) is 0. The van der Waals surface area contributed by atoms with Crippen LogP contribution in [0.15, 0.2) is 218 Å². The first-order chi connectivity index (χ1) is 31.7. The minimum atomic E-state index is 0.608. The maximum absolute atomic E-state index is 5.30. The van der Waals surface area contributed by atoms with Gasteiger partial charge in [0.2, 0.25) is 0 Å². The Hall–Kier alpha value is -8.74. The number of hydrogen-bond acceptors (Lipinski definition) is 4. The van der Waals surface area contributed by atoms with Gasteiger partial charge in [0, 0.05) is 44.1 Å². The average Bonchev–Trinajstić information content (AvgIpc) is 3.90. The Morgan fingerprint density at radius 1 is 0.297 bits per heavy atom. The minimum Gasteiger partial charge on any atom is -0.309 e. The van der Waals surface area contributed by atoms with E-state index in [1.807, 2.05) is 12.1 Å². The van der Waals surface area contributed by atoms with Gasteiger partial charge in [-0.2, -0.15) is 0 Å². The summed E-state index contributed by atoms with van der Waals surface area (Å²) in [6.45, 7) is 0. The summed E-state index contributed by atoms with van der Waals surface area (Å²) in [6.07, 6.45) is 0. The van der Waals surface area contributed by atoms with Crippen molar-refractivity contribution in [2.75, 3.05) is 0 Å². The molecule has 0 aliphatic rings. The second kappa shape index (κ2) is 14.4. The second-order valence-electron chi connectivity index (χ2n) is 16.3. The van der Waals surface area contributed by atoms with Crippen molar-refractivity contribution < 1.29 is 0 Å². The van der Waals surface area contributed by atoms with E-state index in [4.69, 9.17) is 19.9 Å². The van der Waals surface area contributed by atoms with Crippen molar-refractivity contribution in [2.24, 2.45) is 0 Å². The number of aromatic nitrogens is 6. The number of hydrogen-bond donors (Lipinski definition) is 0. The summed E-state index contributed by atoms with van der Waals surface area (Å²) < 4.78 is 4.76.